The van der Waals surface area contributed by atoms with Crippen molar-refractivity contribution < 1.29 is 22.0 Å². The lowest BCUT2D eigenvalue weighted by atomic mass is 10.1. The molecule has 0 bridgehead atoms. The quantitative estimate of drug-likeness (QED) is 0.544. The topological polar surface area (TPSA) is 65.0 Å². The SMILES string of the molecule is CCO[Si](Cc1ccccc1C)(OCC)OCC.O=[SH](O)=S. The Morgan fingerprint density at radius 2 is 1.50 bits per heavy atom. The van der Waals surface area contributed by atoms with E-state index in [1.165, 1.54) is 11.1 Å². The first kappa shape index (κ1) is 21.6. The van der Waals surface area contributed by atoms with Crippen LogP contribution in [0.1, 0.15) is 31.9 Å². The van der Waals surface area contributed by atoms with Gasteiger partial charge in [0, 0.05) is 37.1 Å². The number of aryl methyl sites for hydroxylation is 1. The minimum atomic E-state index is -2.57. The second kappa shape index (κ2) is 12.1. The molecule has 0 heterocycles. The monoisotopic (exact) mass is 366 g/mol. The van der Waals surface area contributed by atoms with E-state index in [0.717, 1.165) is 6.04 Å². The Labute approximate surface area is 140 Å². The Morgan fingerprint density at radius 3 is 1.86 bits per heavy atom. The summed E-state index contributed by atoms with van der Waals surface area (Å²) < 4.78 is 33.9. The minimum Gasteiger partial charge on any atom is -0.374 e. The first-order valence-electron chi connectivity index (χ1n) is 7.20. The Bertz CT molecular complexity index is 469. The van der Waals surface area contributed by atoms with Gasteiger partial charge in [-0.3, -0.25) is 0 Å². The predicted octanol–water partition coefficient (Wildman–Crippen LogP) is 2.53. The fourth-order valence-corrected chi connectivity index (χ4v) is 4.72. The van der Waals surface area contributed by atoms with E-state index in [2.05, 4.69) is 30.2 Å². The van der Waals surface area contributed by atoms with Gasteiger partial charge in [0.25, 0.3) is 0 Å². The van der Waals surface area contributed by atoms with Crippen LogP contribution in [0.2, 0.25) is 0 Å². The van der Waals surface area contributed by atoms with Crippen molar-refractivity contribution in [1.29, 1.82) is 0 Å². The average molecular weight is 367 g/mol. The molecule has 0 amide bonds. The van der Waals surface area contributed by atoms with Crippen LogP contribution in [0, 0.1) is 6.92 Å². The number of rotatable bonds is 8. The number of hydrogen-bond donors (Lipinski definition) is 2. The lowest BCUT2D eigenvalue weighted by Gasteiger charge is -2.29. The molecular weight excluding hydrogens is 340 g/mol. The fraction of sp³-hybridized carbons (Fsp3) is 0.571. The zero-order valence-electron chi connectivity index (χ0n) is 13.6. The highest BCUT2D eigenvalue weighted by molar-refractivity contribution is 8.18. The maximum atomic E-state index is 8.96. The Morgan fingerprint density at radius 1 is 1.09 bits per heavy atom. The van der Waals surface area contributed by atoms with Crippen molar-refractivity contribution in [2.24, 2.45) is 0 Å². The summed E-state index contributed by atoms with van der Waals surface area (Å²) in [7, 11) is -4.85. The van der Waals surface area contributed by atoms with Crippen molar-refractivity contribution >= 4 is 29.6 Å². The van der Waals surface area contributed by atoms with Gasteiger partial charge in [0.05, 0.1) is 0 Å². The third kappa shape index (κ3) is 8.94. The van der Waals surface area contributed by atoms with E-state index in [-0.39, 0.29) is 0 Å². The van der Waals surface area contributed by atoms with E-state index in [0.29, 0.717) is 19.8 Å². The van der Waals surface area contributed by atoms with Crippen molar-refractivity contribution in [2.75, 3.05) is 19.8 Å². The lowest BCUT2D eigenvalue weighted by molar-refractivity contribution is 0.0703. The van der Waals surface area contributed by atoms with Gasteiger partial charge in [0.15, 0.2) is 0 Å². The summed E-state index contributed by atoms with van der Waals surface area (Å²) in [6.07, 6.45) is 0. The molecule has 1 atom stereocenters. The third-order valence-electron chi connectivity index (χ3n) is 2.76. The van der Waals surface area contributed by atoms with Gasteiger partial charge in [0.1, 0.15) is 9.64 Å². The molecule has 0 aromatic heterocycles. The number of thiol groups is 1. The first-order valence-corrected chi connectivity index (χ1v) is 11.4. The fourth-order valence-electron chi connectivity index (χ4n) is 1.98. The van der Waals surface area contributed by atoms with Crippen molar-refractivity contribution in [3.63, 3.8) is 0 Å². The highest BCUT2D eigenvalue weighted by atomic mass is 32.8. The van der Waals surface area contributed by atoms with E-state index in [1.807, 2.05) is 32.9 Å². The zero-order chi connectivity index (χ0) is 17.0. The molecule has 22 heavy (non-hydrogen) atoms. The van der Waals surface area contributed by atoms with Gasteiger partial charge < -0.3 is 17.8 Å². The maximum absolute atomic E-state index is 8.96. The lowest BCUT2D eigenvalue weighted by Crippen LogP contribution is -2.48. The van der Waals surface area contributed by atoms with Gasteiger partial charge in [-0.05, 0) is 38.8 Å². The van der Waals surface area contributed by atoms with E-state index in [1.54, 1.807) is 0 Å². The molecule has 128 valence electrons. The van der Waals surface area contributed by atoms with E-state index in [4.69, 9.17) is 22.0 Å². The van der Waals surface area contributed by atoms with Crippen molar-refractivity contribution in [2.45, 2.75) is 33.7 Å². The minimum absolute atomic E-state index is 0.623. The Balaban J connectivity index is 0.000000980. The van der Waals surface area contributed by atoms with Gasteiger partial charge >= 0.3 is 8.80 Å². The summed E-state index contributed by atoms with van der Waals surface area (Å²) in [6, 6.07) is 9.07. The summed E-state index contributed by atoms with van der Waals surface area (Å²) in [5.41, 5.74) is 2.51. The van der Waals surface area contributed by atoms with Crippen LogP contribution in [0.4, 0.5) is 0 Å². The molecule has 1 N–H and O–H groups in total. The third-order valence-corrected chi connectivity index (χ3v) is 5.76. The average Bonchev–Trinajstić information content (AvgIpc) is 2.42. The highest BCUT2D eigenvalue weighted by Gasteiger charge is 2.40. The zero-order valence-corrected chi connectivity index (χ0v) is 16.3. The largest absolute Gasteiger partial charge is 0.505 e. The van der Waals surface area contributed by atoms with Crippen molar-refractivity contribution in [3.05, 3.63) is 35.4 Å². The molecule has 8 heteroatoms. The molecule has 0 saturated heterocycles. The van der Waals surface area contributed by atoms with Gasteiger partial charge in [-0.15, -0.1) is 0 Å². The van der Waals surface area contributed by atoms with Crippen LogP contribution in [0.5, 0.6) is 0 Å². The normalized spacial score (nSPS) is 12.4. The van der Waals surface area contributed by atoms with Crippen LogP contribution >= 0.6 is 0 Å². The second-order valence-corrected chi connectivity index (χ2v) is 8.32. The molecule has 0 fully saturated rings. The molecule has 5 nitrogen and oxygen atoms in total. The number of benzene rings is 1. The van der Waals surface area contributed by atoms with Crippen LogP contribution in [-0.4, -0.2) is 37.4 Å². The molecule has 1 unspecified atom stereocenters. The molecule has 1 aromatic carbocycles. The van der Waals surface area contributed by atoms with Crippen LogP contribution in [0.3, 0.4) is 0 Å². The van der Waals surface area contributed by atoms with Gasteiger partial charge in [-0.2, -0.15) is 0 Å². The Kier molecular flexibility index (Phi) is 11.9. The van der Waals surface area contributed by atoms with Gasteiger partial charge in [-0.1, -0.05) is 24.3 Å². The van der Waals surface area contributed by atoms with E-state index in [9.17, 15) is 0 Å². The molecule has 0 aliphatic rings. The van der Waals surface area contributed by atoms with Crippen LogP contribution in [0.15, 0.2) is 24.3 Å². The maximum Gasteiger partial charge on any atom is 0.505 e. The number of hydrogen-bond acceptors (Lipinski definition) is 5. The predicted molar refractivity (Wildman–Crippen MR) is 95.0 cm³/mol. The van der Waals surface area contributed by atoms with E-state index >= 15 is 0 Å². The highest BCUT2D eigenvalue weighted by Crippen LogP contribution is 2.19. The molecule has 0 radical (unpaired) electrons. The van der Waals surface area contributed by atoms with Gasteiger partial charge in [-0.25, -0.2) is 4.21 Å². The van der Waals surface area contributed by atoms with Crippen LogP contribution in [0.25, 0.3) is 0 Å². The molecule has 1 rings (SSSR count). The summed E-state index contributed by atoms with van der Waals surface area (Å²) in [5, 5.41) is 0. The molecule has 0 saturated carbocycles. The van der Waals surface area contributed by atoms with Crippen LogP contribution in [-0.2, 0) is 40.1 Å². The van der Waals surface area contributed by atoms with E-state index < -0.39 is 18.4 Å². The second-order valence-electron chi connectivity index (χ2n) is 4.32. The molecule has 0 aliphatic heterocycles. The molecular formula is C14H26O5S2Si. The molecule has 1 aromatic rings. The van der Waals surface area contributed by atoms with Gasteiger partial charge in [0.2, 0.25) is 0 Å². The first-order chi connectivity index (χ1) is 10.4. The van der Waals surface area contributed by atoms with Crippen molar-refractivity contribution in [3.8, 4) is 0 Å². The standard InChI is InChI=1S/C14H24O3Si.H2O2S2/c1-5-15-18(16-6-2,17-7-3)12-14-11-9-8-10-13(14)4;1-4(2)3/h8-11H,5-7,12H2,1-4H3;4H,(H,1,2,3). The summed E-state index contributed by atoms with van der Waals surface area (Å²) in [4.78, 5) is 0. The van der Waals surface area contributed by atoms with Crippen LogP contribution < -0.4 is 0 Å². The smallest absolute Gasteiger partial charge is 0.374 e. The Hall–Kier alpha value is -0.353. The summed E-state index contributed by atoms with van der Waals surface area (Å²) in [5.74, 6) is 0. The molecule has 0 spiro atoms. The van der Waals surface area contributed by atoms with Crippen molar-refractivity contribution in [1.82, 2.24) is 0 Å². The molecule has 0 aliphatic carbocycles. The summed E-state index contributed by atoms with van der Waals surface area (Å²) >= 11 is 3.69. The summed E-state index contributed by atoms with van der Waals surface area (Å²) in [6.45, 7) is 9.93.